The van der Waals surface area contributed by atoms with Crippen LogP contribution in [0.3, 0.4) is 0 Å². The number of rotatable bonds is 9. The molecule has 9 heteroatoms. The van der Waals surface area contributed by atoms with Gasteiger partial charge in [0.05, 0.1) is 11.9 Å². The first kappa shape index (κ1) is 23.3. The van der Waals surface area contributed by atoms with Gasteiger partial charge in [0.25, 0.3) is 0 Å². The van der Waals surface area contributed by atoms with Crippen LogP contribution < -0.4 is 19.1 Å². The fourth-order valence-electron chi connectivity index (χ4n) is 3.33. The number of aryl methyl sites for hydroxylation is 1. The highest BCUT2D eigenvalue weighted by atomic mass is 32.2. The van der Waals surface area contributed by atoms with Gasteiger partial charge >= 0.3 is 0 Å². The summed E-state index contributed by atoms with van der Waals surface area (Å²) in [6.07, 6.45) is 1.09. The number of sulfonamides is 1. The molecule has 0 fully saturated rings. The van der Waals surface area contributed by atoms with Crippen LogP contribution in [0.1, 0.15) is 18.1 Å². The third-order valence-corrected chi connectivity index (χ3v) is 7.18. The largest absolute Gasteiger partial charge is 0.486 e. The normalized spacial score (nSPS) is 14.0. The van der Waals surface area contributed by atoms with Crippen molar-refractivity contribution in [2.75, 3.05) is 36.1 Å². The lowest BCUT2D eigenvalue weighted by atomic mass is 10.1. The first-order chi connectivity index (χ1) is 14.8. The first-order valence-corrected chi connectivity index (χ1v) is 13.1. The molecule has 0 spiro atoms. The van der Waals surface area contributed by atoms with E-state index >= 15 is 0 Å². The molecule has 0 bridgehead atoms. The molecule has 1 aliphatic rings. The molecule has 1 aliphatic heterocycles. The monoisotopic (exact) mass is 464 g/mol. The van der Waals surface area contributed by atoms with Crippen LogP contribution in [0.5, 0.6) is 11.5 Å². The molecule has 0 radical (unpaired) electrons. The molecular formula is C22H28N2O5S2. The lowest BCUT2D eigenvalue weighted by molar-refractivity contribution is -0.121. The summed E-state index contributed by atoms with van der Waals surface area (Å²) in [6.45, 7) is 4.96. The second-order valence-corrected chi connectivity index (χ2v) is 10.3. The summed E-state index contributed by atoms with van der Waals surface area (Å²) < 4.78 is 37.1. The summed E-state index contributed by atoms with van der Waals surface area (Å²) in [5, 5.41) is 2.85. The molecule has 3 rings (SSSR count). The zero-order valence-electron chi connectivity index (χ0n) is 18.0. The molecule has 1 amide bonds. The Morgan fingerprint density at radius 2 is 1.87 bits per heavy atom. The van der Waals surface area contributed by atoms with E-state index in [1.165, 1.54) is 11.1 Å². The van der Waals surface area contributed by atoms with Crippen molar-refractivity contribution in [2.45, 2.75) is 25.6 Å². The number of anilines is 1. The molecule has 1 N–H and O–H groups in total. The zero-order chi connectivity index (χ0) is 22.4. The Morgan fingerprint density at radius 3 is 2.58 bits per heavy atom. The molecule has 0 saturated carbocycles. The van der Waals surface area contributed by atoms with Gasteiger partial charge in [-0.3, -0.25) is 9.10 Å². The second-order valence-electron chi connectivity index (χ2n) is 7.33. The highest BCUT2D eigenvalue weighted by Gasteiger charge is 2.30. The van der Waals surface area contributed by atoms with Gasteiger partial charge < -0.3 is 14.8 Å². The van der Waals surface area contributed by atoms with Crippen molar-refractivity contribution < 1.29 is 22.7 Å². The predicted octanol–water partition coefficient (Wildman–Crippen LogP) is 2.97. The average molecular weight is 465 g/mol. The summed E-state index contributed by atoms with van der Waals surface area (Å²) in [6, 6.07) is 12.2. The maximum Gasteiger partial charge on any atom is 0.243 e. The molecular weight excluding hydrogens is 436 g/mol. The van der Waals surface area contributed by atoms with Gasteiger partial charge in [-0.15, -0.1) is 0 Å². The average Bonchev–Trinajstić information content (AvgIpc) is 2.73. The molecule has 168 valence electrons. The standard InChI is InChI=1S/C22H28N2O5S2/c1-16-6-4-5-7-18(16)15-30-13-10-23-22(25)17(2)24(31(3,26)27)19-8-9-20-21(14-19)29-12-11-28-20/h4-9,14,17H,10-13,15H2,1-3H3,(H,23,25)/t17-/m1/s1. The minimum absolute atomic E-state index is 0.350. The van der Waals surface area contributed by atoms with Crippen molar-refractivity contribution in [3.05, 3.63) is 53.6 Å². The molecule has 0 saturated heterocycles. The highest BCUT2D eigenvalue weighted by molar-refractivity contribution is 7.98. The van der Waals surface area contributed by atoms with Crippen molar-refractivity contribution in [2.24, 2.45) is 0 Å². The van der Waals surface area contributed by atoms with Crippen LogP contribution in [0.2, 0.25) is 0 Å². The number of fused-ring (bicyclic) bond motifs is 1. The van der Waals surface area contributed by atoms with Crippen molar-refractivity contribution in [3.8, 4) is 11.5 Å². The topological polar surface area (TPSA) is 84.9 Å². The minimum Gasteiger partial charge on any atom is -0.486 e. The number of hydrogen-bond donors (Lipinski definition) is 1. The molecule has 0 unspecified atom stereocenters. The third-order valence-electron chi connectivity index (χ3n) is 4.93. The first-order valence-electron chi connectivity index (χ1n) is 10.1. The van der Waals surface area contributed by atoms with Gasteiger partial charge in [-0.1, -0.05) is 24.3 Å². The maximum atomic E-state index is 12.7. The van der Waals surface area contributed by atoms with Crippen LogP contribution >= 0.6 is 11.8 Å². The number of ether oxygens (including phenoxy) is 2. The van der Waals surface area contributed by atoms with Crippen molar-refractivity contribution >= 4 is 33.4 Å². The number of benzene rings is 2. The van der Waals surface area contributed by atoms with Gasteiger partial charge in [0, 0.05) is 24.1 Å². The van der Waals surface area contributed by atoms with E-state index in [1.807, 2.05) is 12.1 Å². The summed E-state index contributed by atoms with van der Waals surface area (Å²) in [5.41, 5.74) is 2.88. The van der Waals surface area contributed by atoms with Crippen LogP contribution in [0.4, 0.5) is 5.69 Å². The van der Waals surface area contributed by atoms with Gasteiger partial charge in [0.1, 0.15) is 19.3 Å². The zero-order valence-corrected chi connectivity index (χ0v) is 19.6. The highest BCUT2D eigenvalue weighted by Crippen LogP contribution is 2.35. The Kier molecular flexibility index (Phi) is 7.72. The number of carbonyl (C=O) groups excluding carboxylic acids is 1. The molecule has 1 atom stereocenters. The Morgan fingerprint density at radius 1 is 1.16 bits per heavy atom. The van der Waals surface area contributed by atoms with Crippen molar-refractivity contribution in [1.82, 2.24) is 5.32 Å². The van der Waals surface area contributed by atoms with E-state index in [0.717, 1.165) is 22.1 Å². The van der Waals surface area contributed by atoms with E-state index in [9.17, 15) is 13.2 Å². The Balaban J connectivity index is 1.59. The predicted molar refractivity (Wildman–Crippen MR) is 125 cm³/mol. The number of nitrogens with zero attached hydrogens (tertiary/aromatic N) is 1. The van der Waals surface area contributed by atoms with Crippen molar-refractivity contribution in [1.29, 1.82) is 0 Å². The Labute approximate surface area is 188 Å². The molecule has 1 heterocycles. The van der Waals surface area contributed by atoms with Crippen LogP contribution in [0.25, 0.3) is 0 Å². The molecule has 0 aliphatic carbocycles. The van der Waals surface area contributed by atoms with Crippen molar-refractivity contribution in [3.63, 3.8) is 0 Å². The number of carbonyl (C=O) groups is 1. The van der Waals surface area contributed by atoms with Gasteiger partial charge in [0.15, 0.2) is 11.5 Å². The fraction of sp³-hybridized carbons (Fsp3) is 0.409. The lowest BCUT2D eigenvalue weighted by Gasteiger charge is -2.29. The van der Waals surface area contributed by atoms with Gasteiger partial charge in [-0.2, -0.15) is 11.8 Å². The molecule has 2 aromatic carbocycles. The summed E-state index contributed by atoms with van der Waals surface area (Å²) in [4.78, 5) is 12.7. The molecule has 31 heavy (non-hydrogen) atoms. The number of thioether (sulfide) groups is 1. The molecule has 2 aromatic rings. The summed E-state index contributed by atoms with van der Waals surface area (Å²) in [5.74, 6) is 2.28. The number of amides is 1. The quantitative estimate of drug-likeness (QED) is 0.575. The van der Waals surface area contributed by atoms with Crippen LogP contribution in [0, 0.1) is 6.92 Å². The van der Waals surface area contributed by atoms with E-state index in [-0.39, 0.29) is 5.91 Å². The second kappa shape index (κ2) is 10.3. The third kappa shape index (κ3) is 6.07. The maximum absolute atomic E-state index is 12.7. The van der Waals surface area contributed by atoms with E-state index in [4.69, 9.17) is 9.47 Å². The SMILES string of the molecule is Cc1ccccc1CSCCNC(=O)[C@@H](C)N(c1ccc2c(c1)OCCO2)S(C)(=O)=O. The lowest BCUT2D eigenvalue weighted by Crippen LogP contribution is -2.48. The van der Waals surface area contributed by atoms with Gasteiger partial charge in [-0.05, 0) is 37.1 Å². The molecule has 0 aromatic heterocycles. The van der Waals surface area contributed by atoms with Crippen LogP contribution in [-0.2, 0) is 20.6 Å². The van der Waals surface area contributed by atoms with Crippen LogP contribution in [0.15, 0.2) is 42.5 Å². The number of nitrogens with one attached hydrogen (secondary N) is 1. The number of hydrogen-bond acceptors (Lipinski definition) is 6. The fourth-order valence-corrected chi connectivity index (χ4v) is 5.43. The minimum atomic E-state index is -3.69. The molecule has 7 nitrogen and oxygen atoms in total. The Bertz CT molecular complexity index is 1030. The summed E-state index contributed by atoms with van der Waals surface area (Å²) in [7, 11) is -3.69. The van der Waals surface area contributed by atoms with Gasteiger partial charge in [0.2, 0.25) is 15.9 Å². The van der Waals surface area contributed by atoms with E-state index in [1.54, 1.807) is 36.9 Å². The van der Waals surface area contributed by atoms with Gasteiger partial charge in [-0.25, -0.2) is 8.42 Å². The van der Waals surface area contributed by atoms with E-state index < -0.39 is 16.1 Å². The van der Waals surface area contributed by atoms with Crippen LogP contribution in [-0.4, -0.2) is 52.1 Å². The Hall–Kier alpha value is -2.39. The smallest absolute Gasteiger partial charge is 0.243 e. The van der Waals surface area contributed by atoms with E-state index in [0.29, 0.717) is 36.9 Å². The summed E-state index contributed by atoms with van der Waals surface area (Å²) >= 11 is 1.72. The van der Waals surface area contributed by atoms with E-state index in [2.05, 4.69) is 24.4 Å².